The van der Waals surface area contributed by atoms with Gasteiger partial charge >= 0.3 is 6.18 Å². The van der Waals surface area contributed by atoms with Gasteiger partial charge in [0.25, 0.3) is 0 Å². The Morgan fingerprint density at radius 2 is 1.85 bits per heavy atom. The van der Waals surface area contributed by atoms with E-state index in [4.69, 9.17) is 0 Å². The van der Waals surface area contributed by atoms with E-state index in [1.54, 1.807) is 19.1 Å². The summed E-state index contributed by atoms with van der Waals surface area (Å²) in [7, 11) is 0. The van der Waals surface area contributed by atoms with Gasteiger partial charge in [-0.3, -0.25) is 0 Å². The van der Waals surface area contributed by atoms with Crippen LogP contribution in [0.4, 0.5) is 13.2 Å². The van der Waals surface area contributed by atoms with Crippen LogP contribution in [0.3, 0.4) is 0 Å². The molecule has 0 saturated carbocycles. The maximum Gasteiger partial charge on any atom is 0.417 e. The molecule has 0 aliphatic carbocycles. The third kappa shape index (κ3) is 2.68. The van der Waals surface area contributed by atoms with Crippen molar-refractivity contribution >= 4 is 10.9 Å². The molecule has 0 fully saturated rings. The van der Waals surface area contributed by atoms with Crippen LogP contribution in [-0.4, -0.2) is 15.8 Å². The quantitative estimate of drug-likeness (QED) is 0.899. The van der Waals surface area contributed by atoms with Crippen LogP contribution in [0, 0.1) is 0 Å². The molecule has 1 N–H and O–H groups in total. The molecule has 0 radical (unpaired) electrons. The maximum atomic E-state index is 13.1. The number of hydrogen-bond acceptors (Lipinski definition) is 1. The normalized spacial score (nSPS) is 14.2. The van der Waals surface area contributed by atoms with Crippen molar-refractivity contribution in [3.05, 3.63) is 35.5 Å². The zero-order valence-electron chi connectivity index (χ0n) is 11.7. The lowest BCUT2D eigenvalue weighted by Gasteiger charge is -2.16. The fraction of sp³-hybridized carbons (Fsp3) is 0.467. The standard InChI is InChI=1S/C15H18F3NO/c1-9(2)19-11(7-10(3)20)8-12-13(15(16,17)18)5-4-6-14(12)19/h4-6,8-10,20H,7H2,1-3H3. The summed E-state index contributed by atoms with van der Waals surface area (Å²) < 4.78 is 41.0. The van der Waals surface area contributed by atoms with Crippen LogP contribution in [0.2, 0.25) is 0 Å². The lowest BCUT2D eigenvalue weighted by Crippen LogP contribution is -2.11. The SMILES string of the molecule is CC(O)Cc1cc2c(C(F)(F)F)cccc2n1C(C)C. The van der Waals surface area contributed by atoms with E-state index in [0.717, 1.165) is 11.8 Å². The number of aliphatic hydroxyl groups is 1. The largest absolute Gasteiger partial charge is 0.417 e. The van der Waals surface area contributed by atoms with Crippen molar-refractivity contribution in [1.82, 2.24) is 4.57 Å². The Balaban J connectivity index is 2.73. The van der Waals surface area contributed by atoms with E-state index < -0.39 is 17.8 Å². The van der Waals surface area contributed by atoms with Crippen LogP contribution in [-0.2, 0) is 12.6 Å². The molecular formula is C15H18F3NO. The highest BCUT2D eigenvalue weighted by molar-refractivity contribution is 5.85. The number of aromatic nitrogens is 1. The number of alkyl halides is 3. The third-order valence-corrected chi connectivity index (χ3v) is 3.29. The second-order valence-electron chi connectivity index (χ2n) is 5.39. The Bertz CT molecular complexity index is 611. The predicted octanol–water partition coefficient (Wildman–Crippen LogP) is 4.16. The van der Waals surface area contributed by atoms with Crippen LogP contribution < -0.4 is 0 Å². The van der Waals surface area contributed by atoms with Crippen molar-refractivity contribution < 1.29 is 18.3 Å². The third-order valence-electron chi connectivity index (χ3n) is 3.29. The second-order valence-corrected chi connectivity index (χ2v) is 5.39. The van der Waals surface area contributed by atoms with Crippen molar-refractivity contribution in [1.29, 1.82) is 0 Å². The summed E-state index contributed by atoms with van der Waals surface area (Å²) >= 11 is 0. The first kappa shape index (κ1) is 14.9. The molecule has 5 heteroatoms. The number of hydrogen-bond donors (Lipinski definition) is 1. The molecule has 1 unspecified atom stereocenters. The van der Waals surface area contributed by atoms with Gasteiger partial charge in [-0.1, -0.05) is 6.07 Å². The summed E-state index contributed by atoms with van der Waals surface area (Å²) in [5, 5.41) is 9.73. The molecule has 0 aliphatic rings. The van der Waals surface area contributed by atoms with Crippen molar-refractivity contribution in [3.63, 3.8) is 0 Å². The Labute approximate surface area is 115 Å². The fourth-order valence-corrected chi connectivity index (χ4v) is 2.62. The molecule has 1 aromatic heterocycles. The first-order valence-corrected chi connectivity index (χ1v) is 6.60. The zero-order valence-corrected chi connectivity index (χ0v) is 11.7. The second kappa shape index (κ2) is 5.13. The van der Waals surface area contributed by atoms with E-state index in [9.17, 15) is 18.3 Å². The number of nitrogens with zero attached hydrogens (tertiary/aromatic N) is 1. The molecule has 2 nitrogen and oxygen atoms in total. The topological polar surface area (TPSA) is 25.2 Å². The van der Waals surface area contributed by atoms with Crippen LogP contribution in [0.5, 0.6) is 0 Å². The van der Waals surface area contributed by atoms with Crippen molar-refractivity contribution in [3.8, 4) is 0 Å². The summed E-state index contributed by atoms with van der Waals surface area (Å²) in [5.74, 6) is 0. The highest BCUT2D eigenvalue weighted by atomic mass is 19.4. The van der Waals surface area contributed by atoms with Gasteiger partial charge in [-0.15, -0.1) is 0 Å². The molecule has 1 heterocycles. The van der Waals surface area contributed by atoms with Gasteiger partial charge in [0, 0.05) is 29.1 Å². The molecule has 0 aliphatic heterocycles. The van der Waals surface area contributed by atoms with Crippen LogP contribution in [0.25, 0.3) is 10.9 Å². The molecule has 0 spiro atoms. The number of fused-ring (bicyclic) bond motifs is 1. The fourth-order valence-electron chi connectivity index (χ4n) is 2.62. The van der Waals surface area contributed by atoms with Crippen molar-refractivity contribution in [2.45, 2.75) is 45.5 Å². The Kier molecular flexibility index (Phi) is 3.82. The van der Waals surface area contributed by atoms with Gasteiger partial charge in [0.1, 0.15) is 0 Å². The van der Waals surface area contributed by atoms with E-state index in [1.807, 2.05) is 18.4 Å². The van der Waals surface area contributed by atoms with Gasteiger partial charge in [-0.25, -0.2) is 0 Å². The Morgan fingerprint density at radius 1 is 1.20 bits per heavy atom. The minimum Gasteiger partial charge on any atom is -0.393 e. The van der Waals surface area contributed by atoms with Crippen LogP contribution in [0.15, 0.2) is 24.3 Å². The smallest absolute Gasteiger partial charge is 0.393 e. The monoisotopic (exact) mass is 285 g/mol. The summed E-state index contributed by atoms with van der Waals surface area (Å²) in [6.07, 6.45) is -4.62. The molecule has 0 bridgehead atoms. The van der Waals surface area contributed by atoms with E-state index >= 15 is 0 Å². The van der Waals surface area contributed by atoms with Crippen molar-refractivity contribution in [2.24, 2.45) is 0 Å². The summed E-state index contributed by atoms with van der Waals surface area (Å²) in [5.41, 5.74) is 0.661. The molecule has 2 rings (SSSR count). The minimum absolute atomic E-state index is 0.0322. The van der Waals surface area contributed by atoms with Gasteiger partial charge < -0.3 is 9.67 Å². The van der Waals surface area contributed by atoms with Crippen LogP contribution in [0.1, 0.15) is 38.1 Å². The summed E-state index contributed by atoms with van der Waals surface area (Å²) in [6.45, 7) is 5.48. The highest BCUT2D eigenvalue weighted by Gasteiger charge is 2.33. The number of aliphatic hydroxyl groups excluding tert-OH is 1. The lowest BCUT2D eigenvalue weighted by atomic mass is 10.1. The molecule has 1 atom stereocenters. The zero-order chi connectivity index (χ0) is 15.1. The van der Waals surface area contributed by atoms with Gasteiger partial charge in [0.05, 0.1) is 11.7 Å². The van der Waals surface area contributed by atoms with Gasteiger partial charge in [-0.05, 0) is 39.0 Å². The summed E-state index contributed by atoms with van der Waals surface area (Å²) in [4.78, 5) is 0. The predicted molar refractivity (Wildman–Crippen MR) is 72.7 cm³/mol. The molecule has 1 aromatic carbocycles. The van der Waals surface area contributed by atoms with Gasteiger partial charge in [-0.2, -0.15) is 13.2 Å². The maximum absolute atomic E-state index is 13.1. The van der Waals surface area contributed by atoms with E-state index in [0.29, 0.717) is 11.9 Å². The van der Waals surface area contributed by atoms with Crippen LogP contribution >= 0.6 is 0 Å². The number of rotatable bonds is 3. The van der Waals surface area contributed by atoms with E-state index in [-0.39, 0.29) is 11.4 Å². The lowest BCUT2D eigenvalue weighted by molar-refractivity contribution is -0.136. The number of halogens is 3. The first-order valence-electron chi connectivity index (χ1n) is 6.60. The molecule has 0 saturated heterocycles. The van der Waals surface area contributed by atoms with E-state index in [1.165, 1.54) is 6.07 Å². The molecular weight excluding hydrogens is 267 g/mol. The molecule has 0 amide bonds. The van der Waals surface area contributed by atoms with Gasteiger partial charge in [0.15, 0.2) is 0 Å². The van der Waals surface area contributed by atoms with Gasteiger partial charge in [0.2, 0.25) is 0 Å². The average molecular weight is 285 g/mol. The Hall–Kier alpha value is -1.49. The minimum atomic E-state index is -4.37. The summed E-state index contributed by atoms with van der Waals surface area (Å²) in [6, 6.07) is 5.79. The average Bonchev–Trinajstić information content (AvgIpc) is 2.63. The molecule has 110 valence electrons. The van der Waals surface area contributed by atoms with E-state index in [2.05, 4.69) is 0 Å². The van der Waals surface area contributed by atoms with Crippen molar-refractivity contribution in [2.75, 3.05) is 0 Å². The number of benzene rings is 1. The Morgan fingerprint density at radius 3 is 2.35 bits per heavy atom. The first-order chi connectivity index (χ1) is 9.21. The molecule has 2 aromatic rings. The molecule has 20 heavy (non-hydrogen) atoms. The highest BCUT2D eigenvalue weighted by Crippen LogP contribution is 2.37.